The van der Waals surface area contributed by atoms with E-state index in [0.717, 1.165) is 11.3 Å². The molecule has 0 fully saturated rings. The second-order valence-corrected chi connectivity index (χ2v) is 3.14. The van der Waals surface area contributed by atoms with Crippen molar-refractivity contribution in [2.45, 2.75) is 0 Å². The summed E-state index contributed by atoms with van der Waals surface area (Å²) in [6, 6.07) is 19.8. The quantitative estimate of drug-likeness (QED) is 0.549. The molecule has 0 saturated carbocycles. The van der Waals surface area contributed by atoms with Gasteiger partial charge in [-0.25, -0.2) is 0 Å². The highest BCUT2D eigenvalue weighted by Crippen LogP contribution is 2.09. The molecule has 0 radical (unpaired) electrons. The van der Waals surface area contributed by atoms with Gasteiger partial charge >= 0.3 is 0 Å². The van der Waals surface area contributed by atoms with E-state index in [-0.39, 0.29) is 0 Å². The van der Waals surface area contributed by atoms with Gasteiger partial charge in [0, 0.05) is 0 Å². The number of benzene rings is 2. The Morgan fingerprint density at radius 2 is 1.29 bits per heavy atom. The molecule has 0 atom stereocenters. The van der Waals surface area contributed by atoms with Gasteiger partial charge in [0.1, 0.15) is 5.75 Å². The number of hydrogen-bond acceptors (Lipinski definition) is 1. The minimum atomic E-state index is 0.852. The van der Waals surface area contributed by atoms with Crippen molar-refractivity contribution in [3.63, 3.8) is 0 Å². The SMILES string of the molecule is C(=C\c1ccccc1)/Oc1ccccc1.C=C. The van der Waals surface area contributed by atoms with Gasteiger partial charge in [-0.05, 0) is 23.8 Å². The number of hydrogen-bond donors (Lipinski definition) is 0. The molecule has 0 unspecified atom stereocenters. The average Bonchev–Trinajstić information content (AvgIpc) is 2.43. The van der Waals surface area contributed by atoms with Crippen molar-refractivity contribution in [1.29, 1.82) is 0 Å². The number of rotatable bonds is 3. The first-order chi connectivity index (χ1) is 8.45. The fourth-order valence-electron chi connectivity index (χ4n) is 1.25. The first-order valence-electron chi connectivity index (χ1n) is 5.38. The van der Waals surface area contributed by atoms with E-state index in [0.29, 0.717) is 0 Å². The lowest BCUT2D eigenvalue weighted by atomic mass is 10.2. The van der Waals surface area contributed by atoms with Crippen LogP contribution in [0.5, 0.6) is 5.75 Å². The summed E-state index contributed by atoms with van der Waals surface area (Å²) in [5.74, 6) is 0.852. The number of para-hydroxylation sites is 1. The zero-order valence-corrected chi connectivity index (χ0v) is 9.75. The van der Waals surface area contributed by atoms with E-state index in [4.69, 9.17) is 4.74 Å². The molecule has 2 aromatic carbocycles. The molecule has 0 N–H and O–H groups in total. The van der Waals surface area contributed by atoms with Crippen molar-refractivity contribution in [3.8, 4) is 5.75 Å². The largest absolute Gasteiger partial charge is 0.465 e. The first-order valence-corrected chi connectivity index (χ1v) is 5.38. The summed E-state index contributed by atoms with van der Waals surface area (Å²) in [5, 5.41) is 0. The Morgan fingerprint density at radius 1 is 0.765 bits per heavy atom. The molecule has 0 bridgehead atoms. The predicted molar refractivity (Wildman–Crippen MR) is 73.8 cm³/mol. The molecule has 1 heteroatoms. The van der Waals surface area contributed by atoms with Gasteiger partial charge in [0.25, 0.3) is 0 Å². The van der Waals surface area contributed by atoms with Crippen LogP contribution in [0.25, 0.3) is 6.08 Å². The van der Waals surface area contributed by atoms with Crippen molar-refractivity contribution in [1.82, 2.24) is 0 Å². The monoisotopic (exact) mass is 224 g/mol. The summed E-state index contributed by atoms with van der Waals surface area (Å²) in [7, 11) is 0. The second kappa shape index (κ2) is 7.94. The Morgan fingerprint density at radius 3 is 1.88 bits per heavy atom. The van der Waals surface area contributed by atoms with Crippen molar-refractivity contribution in [3.05, 3.63) is 85.6 Å². The zero-order chi connectivity index (χ0) is 12.3. The lowest BCUT2D eigenvalue weighted by Gasteiger charge is -1.98. The molecule has 1 nitrogen and oxygen atoms in total. The summed E-state index contributed by atoms with van der Waals surface area (Å²) in [6.45, 7) is 6.00. The molecule has 2 rings (SSSR count). The van der Waals surface area contributed by atoms with Gasteiger partial charge < -0.3 is 4.74 Å². The summed E-state index contributed by atoms with van der Waals surface area (Å²) >= 11 is 0. The maximum absolute atomic E-state index is 5.43. The van der Waals surface area contributed by atoms with Crippen LogP contribution in [0, 0.1) is 0 Å². The Hall–Kier alpha value is -2.28. The Kier molecular flexibility index (Phi) is 5.97. The van der Waals surface area contributed by atoms with Crippen LogP contribution in [-0.4, -0.2) is 0 Å². The van der Waals surface area contributed by atoms with Crippen LogP contribution in [0.3, 0.4) is 0 Å². The van der Waals surface area contributed by atoms with Crippen LogP contribution in [0.15, 0.2) is 80.1 Å². The molecular formula is C16H16O. The van der Waals surface area contributed by atoms with Crippen LogP contribution >= 0.6 is 0 Å². The predicted octanol–water partition coefficient (Wildman–Crippen LogP) is 4.54. The molecule has 0 saturated heterocycles. The van der Waals surface area contributed by atoms with Crippen molar-refractivity contribution in [2.24, 2.45) is 0 Å². The minimum absolute atomic E-state index is 0.852. The molecule has 0 aromatic heterocycles. The first kappa shape index (κ1) is 12.8. The average molecular weight is 224 g/mol. The second-order valence-electron chi connectivity index (χ2n) is 3.14. The molecule has 0 heterocycles. The van der Waals surface area contributed by atoms with Gasteiger partial charge in [-0.2, -0.15) is 0 Å². The smallest absolute Gasteiger partial charge is 0.126 e. The fourth-order valence-corrected chi connectivity index (χ4v) is 1.25. The van der Waals surface area contributed by atoms with Gasteiger partial charge in [0.15, 0.2) is 0 Å². The third-order valence-corrected chi connectivity index (χ3v) is 2.01. The molecule has 0 aliphatic heterocycles. The normalized spacial score (nSPS) is 9.41. The van der Waals surface area contributed by atoms with Crippen molar-refractivity contribution >= 4 is 6.08 Å². The standard InChI is InChI=1S/C14H12O.C2H4/c1-3-7-13(8-4-1)11-12-15-14-9-5-2-6-10-14;1-2/h1-12H;1-2H2/b12-11+;. The van der Waals surface area contributed by atoms with Gasteiger partial charge in [-0.3, -0.25) is 0 Å². The molecule has 2 aromatic rings. The topological polar surface area (TPSA) is 9.23 Å². The van der Waals surface area contributed by atoms with Crippen LogP contribution in [0.2, 0.25) is 0 Å². The van der Waals surface area contributed by atoms with Crippen LogP contribution in [0.1, 0.15) is 5.56 Å². The van der Waals surface area contributed by atoms with Gasteiger partial charge in [0.2, 0.25) is 0 Å². The highest BCUT2D eigenvalue weighted by Gasteiger charge is 1.86. The lowest BCUT2D eigenvalue weighted by Crippen LogP contribution is -1.80. The summed E-state index contributed by atoms with van der Waals surface area (Å²) in [4.78, 5) is 0. The van der Waals surface area contributed by atoms with E-state index < -0.39 is 0 Å². The molecule has 86 valence electrons. The van der Waals surface area contributed by atoms with E-state index in [1.807, 2.05) is 66.7 Å². The maximum atomic E-state index is 5.43. The van der Waals surface area contributed by atoms with E-state index in [1.165, 1.54) is 0 Å². The van der Waals surface area contributed by atoms with Gasteiger partial charge in [-0.15, -0.1) is 13.2 Å². The molecule has 0 amide bonds. The highest BCUT2D eigenvalue weighted by molar-refractivity contribution is 5.48. The summed E-state index contributed by atoms with van der Waals surface area (Å²) in [5.41, 5.74) is 1.13. The van der Waals surface area contributed by atoms with Crippen LogP contribution in [0.4, 0.5) is 0 Å². The highest BCUT2D eigenvalue weighted by atomic mass is 16.5. The Labute approximate surface area is 103 Å². The summed E-state index contributed by atoms with van der Waals surface area (Å²) in [6.07, 6.45) is 3.64. The van der Waals surface area contributed by atoms with E-state index in [2.05, 4.69) is 13.2 Å². The van der Waals surface area contributed by atoms with Crippen molar-refractivity contribution < 1.29 is 4.74 Å². The minimum Gasteiger partial charge on any atom is -0.465 e. The Balaban J connectivity index is 0.000000686. The Bertz CT molecular complexity index is 432. The van der Waals surface area contributed by atoms with Crippen molar-refractivity contribution in [2.75, 3.05) is 0 Å². The zero-order valence-electron chi connectivity index (χ0n) is 9.75. The molecule has 17 heavy (non-hydrogen) atoms. The van der Waals surface area contributed by atoms with E-state index in [1.54, 1.807) is 6.26 Å². The lowest BCUT2D eigenvalue weighted by molar-refractivity contribution is 0.485. The fraction of sp³-hybridized carbons (Fsp3) is 0. The third-order valence-electron chi connectivity index (χ3n) is 2.01. The molecule has 0 aliphatic carbocycles. The molecule has 0 spiro atoms. The van der Waals surface area contributed by atoms with Crippen LogP contribution < -0.4 is 4.74 Å². The molecular weight excluding hydrogens is 208 g/mol. The van der Waals surface area contributed by atoms with Gasteiger partial charge in [0.05, 0.1) is 6.26 Å². The van der Waals surface area contributed by atoms with E-state index in [9.17, 15) is 0 Å². The third kappa shape index (κ3) is 4.85. The van der Waals surface area contributed by atoms with Gasteiger partial charge in [-0.1, -0.05) is 48.5 Å². The number of ether oxygens (including phenoxy) is 1. The molecule has 0 aliphatic rings. The maximum Gasteiger partial charge on any atom is 0.126 e. The van der Waals surface area contributed by atoms with E-state index >= 15 is 0 Å². The van der Waals surface area contributed by atoms with Crippen LogP contribution in [-0.2, 0) is 0 Å². The summed E-state index contributed by atoms with van der Waals surface area (Å²) < 4.78 is 5.43.